The van der Waals surface area contributed by atoms with Gasteiger partial charge in [-0.1, -0.05) is 0 Å². The molecule has 0 N–H and O–H groups in total. The van der Waals surface area contributed by atoms with E-state index in [0.29, 0.717) is 0 Å². The maximum absolute atomic E-state index is 11.2. The molecule has 4 heteroatoms. The van der Waals surface area contributed by atoms with Crippen molar-refractivity contribution in [1.29, 1.82) is 0 Å². The molecule has 2 heterocycles. The summed E-state index contributed by atoms with van der Waals surface area (Å²) in [4.78, 5) is 22.4. The summed E-state index contributed by atoms with van der Waals surface area (Å²) in [6.07, 6.45) is 2.52. The van der Waals surface area contributed by atoms with Crippen LogP contribution in [0.4, 0.5) is 0 Å². The highest BCUT2D eigenvalue weighted by atomic mass is 16.4. The summed E-state index contributed by atoms with van der Waals surface area (Å²) in [6.45, 7) is 0. The molecule has 0 aliphatic carbocycles. The van der Waals surface area contributed by atoms with Crippen molar-refractivity contribution in [3.05, 3.63) is 57.6 Å². The van der Waals surface area contributed by atoms with E-state index in [1.165, 1.54) is 24.7 Å². The van der Waals surface area contributed by atoms with Crippen molar-refractivity contribution in [2.24, 2.45) is 0 Å². The van der Waals surface area contributed by atoms with Gasteiger partial charge in [0.2, 0.25) is 0 Å². The van der Waals surface area contributed by atoms with Crippen molar-refractivity contribution >= 4 is 0 Å². The van der Waals surface area contributed by atoms with E-state index >= 15 is 0 Å². The molecule has 0 atom stereocenters. The fraction of sp³-hybridized carbons (Fsp3) is 0. The van der Waals surface area contributed by atoms with E-state index in [-0.39, 0.29) is 11.1 Å². The van der Waals surface area contributed by atoms with Gasteiger partial charge >= 0.3 is 11.3 Å². The van der Waals surface area contributed by atoms with Gasteiger partial charge in [-0.05, 0) is 24.3 Å². The van der Waals surface area contributed by atoms with Crippen LogP contribution in [0.2, 0.25) is 0 Å². The molecule has 70 valence electrons. The second-order valence-corrected chi connectivity index (χ2v) is 2.63. The van der Waals surface area contributed by atoms with Gasteiger partial charge in [0.05, 0.1) is 23.7 Å². The average molecular weight is 190 g/mol. The molecule has 0 fully saturated rings. The van der Waals surface area contributed by atoms with Crippen LogP contribution in [0.5, 0.6) is 0 Å². The minimum absolute atomic E-state index is 0.210. The van der Waals surface area contributed by atoms with Crippen molar-refractivity contribution in [1.82, 2.24) is 0 Å². The third-order valence-electron chi connectivity index (χ3n) is 1.76. The normalized spacial score (nSPS) is 10.0. The van der Waals surface area contributed by atoms with Crippen LogP contribution in [0, 0.1) is 0 Å². The molecular weight excluding hydrogens is 184 g/mol. The Kier molecular flexibility index (Phi) is 2.02. The highest BCUT2D eigenvalue weighted by Gasteiger charge is 2.07. The van der Waals surface area contributed by atoms with Gasteiger partial charge in [0.15, 0.2) is 0 Å². The fourth-order valence-corrected chi connectivity index (χ4v) is 1.14. The first-order valence-corrected chi connectivity index (χ1v) is 3.95. The first-order valence-electron chi connectivity index (χ1n) is 3.95. The quantitative estimate of drug-likeness (QED) is 0.679. The van der Waals surface area contributed by atoms with E-state index in [1.54, 1.807) is 12.1 Å². The molecule has 0 aliphatic rings. The summed E-state index contributed by atoms with van der Waals surface area (Å²) in [5, 5.41) is 0. The van der Waals surface area contributed by atoms with Crippen LogP contribution in [0.15, 0.2) is 55.2 Å². The van der Waals surface area contributed by atoms with Gasteiger partial charge in [-0.3, -0.25) is 0 Å². The third kappa shape index (κ3) is 1.37. The Morgan fingerprint density at radius 3 is 1.57 bits per heavy atom. The Labute approximate surface area is 78.4 Å². The lowest BCUT2D eigenvalue weighted by Crippen LogP contribution is -2.09. The van der Waals surface area contributed by atoms with E-state index in [0.717, 1.165) is 0 Å². The Hall–Kier alpha value is -2.10. The summed E-state index contributed by atoms with van der Waals surface area (Å²) in [6, 6.07) is 6.11. The molecule has 0 amide bonds. The molecular formula is C10H6O4. The molecule has 0 aromatic carbocycles. The molecule has 2 aromatic heterocycles. The molecule has 0 radical (unpaired) electrons. The fourth-order valence-electron chi connectivity index (χ4n) is 1.14. The Morgan fingerprint density at radius 2 is 1.21 bits per heavy atom. The summed E-state index contributed by atoms with van der Waals surface area (Å²) < 4.78 is 9.26. The average Bonchev–Trinajstić information content (AvgIpc) is 2.20. The van der Waals surface area contributed by atoms with Gasteiger partial charge in [-0.2, -0.15) is 0 Å². The second kappa shape index (κ2) is 3.33. The summed E-state index contributed by atoms with van der Waals surface area (Å²) in [5.74, 6) is 0. The highest BCUT2D eigenvalue weighted by Crippen LogP contribution is 2.08. The van der Waals surface area contributed by atoms with Crippen molar-refractivity contribution < 1.29 is 8.83 Å². The molecule has 0 aliphatic heterocycles. The van der Waals surface area contributed by atoms with Crippen molar-refractivity contribution in [2.45, 2.75) is 0 Å². The van der Waals surface area contributed by atoms with Crippen LogP contribution in [0.3, 0.4) is 0 Å². The molecule has 0 unspecified atom stereocenters. The third-order valence-corrected chi connectivity index (χ3v) is 1.76. The van der Waals surface area contributed by atoms with Crippen molar-refractivity contribution in [2.75, 3.05) is 0 Å². The molecule has 0 bridgehead atoms. The molecule has 0 saturated carbocycles. The molecule has 14 heavy (non-hydrogen) atoms. The van der Waals surface area contributed by atoms with Crippen LogP contribution in [-0.2, 0) is 0 Å². The van der Waals surface area contributed by atoms with E-state index in [2.05, 4.69) is 8.83 Å². The Bertz CT molecular complexity index is 499. The number of hydrogen-bond donors (Lipinski definition) is 0. The Morgan fingerprint density at radius 1 is 0.786 bits per heavy atom. The summed E-state index contributed by atoms with van der Waals surface area (Å²) in [7, 11) is 0. The van der Waals surface area contributed by atoms with Crippen molar-refractivity contribution in [3.8, 4) is 11.1 Å². The first kappa shape index (κ1) is 8.50. The van der Waals surface area contributed by atoms with Gasteiger partial charge < -0.3 is 8.83 Å². The predicted molar refractivity (Wildman–Crippen MR) is 49.0 cm³/mol. The zero-order chi connectivity index (χ0) is 9.97. The summed E-state index contributed by atoms with van der Waals surface area (Å²) >= 11 is 0. The summed E-state index contributed by atoms with van der Waals surface area (Å²) in [5.41, 5.74) is -0.680. The number of rotatable bonds is 1. The zero-order valence-electron chi connectivity index (χ0n) is 7.10. The van der Waals surface area contributed by atoms with Gasteiger partial charge in [-0.25, -0.2) is 9.59 Å². The van der Waals surface area contributed by atoms with Gasteiger partial charge in [0, 0.05) is 0 Å². The molecule has 0 spiro atoms. The van der Waals surface area contributed by atoms with Crippen LogP contribution >= 0.6 is 0 Å². The van der Waals surface area contributed by atoms with Gasteiger partial charge in [0.25, 0.3) is 0 Å². The lowest BCUT2D eigenvalue weighted by Gasteiger charge is -1.94. The topological polar surface area (TPSA) is 60.4 Å². The van der Waals surface area contributed by atoms with Gasteiger partial charge in [0.1, 0.15) is 0 Å². The molecule has 2 rings (SSSR count). The maximum atomic E-state index is 11.2. The second-order valence-electron chi connectivity index (χ2n) is 2.63. The predicted octanol–water partition coefficient (Wildman–Crippen LogP) is 1.26. The monoisotopic (exact) mass is 190 g/mol. The largest absolute Gasteiger partial charge is 0.431 e. The molecule has 4 nitrogen and oxygen atoms in total. The van der Waals surface area contributed by atoms with Crippen molar-refractivity contribution in [3.63, 3.8) is 0 Å². The van der Waals surface area contributed by atoms with Crippen LogP contribution in [0.1, 0.15) is 0 Å². The minimum atomic E-state index is -0.550. The highest BCUT2D eigenvalue weighted by molar-refractivity contribution is 5.59. The molecule has 0 saturated heterocycles. The van der Waals surface area contributed by atoms with E-state index in [4.69, 9.17) is 0 Å². The van der Waals surface area contributed by atoms with Crippen LogP contribution in [-0.4, -0.2) is 0 Å². The SMILES string of the molecule is O=c1occcc1-c1cccoc1=O. The van der Waals surface area contributed by atoms with Gasteiger partial charge in [-0.15, -0.1) is 0 Å². The lowest BCUT2D eigenvalue weighted by atomic mass is 10.1. The van der Waals surface area contributed by atoms with Crippen LogP contribution < -0.4 is 11.3 Å². The lowest BCUT2D eigenvalue weighted by molar-refractivity contribution is 0.503. The van der Waals surface area contributed by atoms with E-state index in [9.17, 15) is 9.59 Å². The zero-order valence-corrected chi connectivity index (χ0v) is 7.10. The van der Waals surface area contributed by atoms with Crippen LogP contribution in [0.25, 0.3) is 11.1 Å². The smallest absolute Gasteiger partial charge is 0.343 e. The standard InChI is InChI=1S/C10H6O4/c11-9-7(3-1-5-13-9)8-4-2-6-14-10(8)12/h1-6H. The van der Waals surface area contributed by atoms with E-state index in [1.807, 2.05) is 0 Å². The van der Waals surface area contributed by atoms with E-state index < -0.39 is 11.3 Å². The first-order chi connectivity index (χ1) is 6.79. The Balaban J connectivity index is 2.74. The molecule has 2 aromatic rings. The number of hydrogen-bond acceptors (Lipinski definition) is 4. The minimum Gasteiger partial charge on any atom is -0.431 e. The maximum Gasteiger partial charge on any atom is 0.343 e.